The minimum absolute atomic E-state index is 0.249. The number of nitrogens with zero attached hydrogens (tertiary/aromatic N) is 2. The molecule has 0 aromatic carbocycles. The number of hydrogen-bond acceptors (Lipinski definition) is 3. The van der Waals surface area contributed by atoms with Crippen LogP contribution in [0.3, 0.4) is 0 Å². The van der Waals surface area contributed by atoms with Crippen LogP contribution in [0.25, 0.3) is 0 Å². The fraction of sp³-hybridized carbons (Fsp3) is 0.692. The van der Waals surface area contributed by atoms with Gasteiger partial charge >= 0.3 is 6.09 Å². The predicted molar refractivity (Wildman–Crippen MR) is 68.3 cm³/mol. The Balaban J connectivity index is 2.06. The van der Waals surface area contributed by atoms with E-state index in [9.17, 15) is 4.79 Å². The Kier molecular flexibility index (Phi) is 3.32. The van der Waals surface area contributed by atoms with Gasteiger partial charge in [-0.2, -0.15) is 5.10 Å². The maximum atomic E-state index is 12.0. The maximum absolute atomic E-state index is 12.0. The lowest BCUT2D eigenvalue weighted by Gasteiger charge is -2.29. The standard InChI is InChI=1S/C13H21N3O2/c1-5-10-9-6-7-16(8-11(9)15-14-10)12(17)18-13(2,3)4/h5-8H2,1-4H3,(H,14,15). The van der Waals surface area contributed by atoms with E-state index in [0.29, 0.717) is 13.1 Å². The van der Waals surface area contributed by atoms with Crippen LogP contribution in [-0.2, 0) is 24.1 Å². The topological polar surface area (TPSA) is 58.2 Å². The SMILES string of the molecule is CCc1n[nH]c2c1CCN(C(=O)OC(C)(C)C)C2. The highest BCUT2D eigenvalue weighted by atomic mass is 16.6. The third kappa shape index (κ3) is 2.66. The third-order valence-electron chi connectivity index (χ3n) is 3.01. The van der Waals surface area contributed by atoms with E-state index < -0.39 is 5.60 Å². The van der Waals surface area contributed by atoms with Crippen LogP contribution >= 0.6 is 0 Å². The average Bonchev–Trinajstić information content (AvgIpc) is 2.68. The lowest BCUT2D eigenvalue weighted by Crippen LogP contribution is -2.39. The summed E-state index contributed by atoms with van der Waals surface area (Å²) in [6, 6.07) is 0. The van der Waals surface area contributed by atoms with E-state index in [1.165, 1.54) is 5.56 Å². The normalized spacial score (nSPS) is 15.4. The molecule has 0 fully saturated rings. The van der Waals surface area contributed by atoms with Gasteiger partial charge in [0.15, 0.2) is 0 Å². The highest BCUT2D eigenvalue weighted by Crippen LogP contribution is 2.22. The maximum Gasteiger partial charge on any atom is 0.410 e. The highest BCUT2D eigenvalue weighted by molar-refractivity contribution is 5.68. The van der Waals surface area contributed by atoms with Crippen molar-refractivity contribution in [3.63, 3.8) is 0 Å². The Hall–Kier alpha value is -1.52. The van der Waals surface area contributed by atoms with Crippen LogP contribution in [0.1, 0.15) is 44.6 Å². The van der Waals surface area contributed by atoms with Crippen LogP contribution < -0.4 is 0 Å². The second-order valence-electron chi connectivity index (χ2n) is 5.63. The van der Waals surface area contributed by atoms with Gasteiger partial charge in [0, 0.05) is 6.54 Å². The van der Waals surface area contributed by atoms with Gasteiger partial charge < -0.3 is 9.64 Å². The molecule has 0 aliphatic carbocycles. The molecule has 0 atom stereocenters. The number of aromatic amines is 1. The molecular weight excluding hydrogens is 230 g/mol. The number of ether oxygens (including phenoxy) is 1. The van der Waals surface area contributed by atoms with Gasteiger partial charge in [0.1, 0.15) is 5.60 Å². The zero-order valence-corrected chi connectivity index (χ0v) is 11.5. The van der Waals surface area contributed by atoms with Gasteiger partial charge in [0.2, 0.25) is 0 Å². The zero-order chi connectivity index (χ0) is 13.3. The molecule has 1 aliphatic heterocycles. The van der Waals surface area contributed by atoms with Gasteiger partial charge in [-0.1, -0.05) is 6.92 Å². The Labute approximate surface area is 108 Å². The van der Waals surface area contributed by atoms with Gasteiger partial charge in [-0.15, -0.1) is 0 Å². The van der Waals surface area contributed by atoms with E-state index in [-0.39, 0.29) is 6.09 Å². The van der Waals surface area contributed by atoms with Crippen molar-refractivity contribution in [1.29, 1.82) is 0 Å². The molecule has 1 amide bonds. The summed E-state index contributed by atoms with van der Waals surface area (Å²) >= 11 is 0. The van der Waals surface area contributed by atoms with E-state index >= 15 is 0 Å². The molecule has 0 unspecified atom stereocenters. The number of carbonyl (C=O) groups excluding carboxylic acids is 1. The van der Waals surface area contributed by atoms with E-state index in [1.807, 2.05) is 20.8 Å². The number of aryl methyl sites for hydroxylation is 1. The van der Waals surface area contributed by atoms with Crippen molar-refractivity contribution >= 4 is 6.09 Å². The molecule has 1 aromatic heterocycles. The van der Waals surface area contributed by atoms with Crippen molar-refractivity contribution in [2.75, 3.05) is 6.54 Å². The van der Waals surface area contributed by atoms with Crippen molar-refractivity contribution < 1.29 is 9.53 Å². The lowest BCUT2D eigenvalue weighted by molar-refractivity contribution is 0.0221. The molecular formula is C13H21N3O2. The van der Waals surface area contributed by atoms with Crippen LogP contribution in [0.2, 0.25) is 0 Å². The smallest absolute Gasteiger partial charge is 0.410 e. The van der Waals surface area contributed by atoms with Crippen LogP contribution in [0.5, 0.6) is 0 Å². The summed E-state index contributed by atoms with van der Waals surface area (Å²) in [7, 11) is 0. The minimum atomic E-state index is -0.445. The molecule has 5 heteroatoms. The van der Waals surface area contributed by atoms with Crippen molar-refractivity contribution in [1.82, 2.24) is 15.1 Å². The van der Waals surface area contributed by atoms with Crippen LogP contribution in [-0.4, -0.2) is 33.3 Å². The molecule has 0 radical (unpaired) electrons. The lowest BCUT2D eigenvalue weighted by atomic mass is 10.0. The van der Waals surface area contributed by atoms with Crippen molar-refractivity contribution in [2.45, 2.75) is 52.7 Å². The van der Waals surface area contributed by atoms with Gasteiger partial charge in [-0.05, 0) is 39.2 Å². The number of fused-ring (bicyclic) bond motifs is 1. The molecule has 1 aromatic rings. The van der Waals surface area contributed by atoms with Crippen molar-refractivity contribution in [3.8, 4) is 0 Å². The Bertz CT molecular complexity index is 446. The van der Waals surface area contributed by atoms with Crippen LogP contribution in [0.4, 0.5) is 4.79 Å². The predicted octanol–water partition coefficient (Wildman–Crippen LogP) is 2.27. The largest absolute Gasteiger partial charge is 0.444 e. The third-order valence-corrected chi connectivity index (χ3v) is 3.01. The molecule has 2 rings (SSSR count). The number of hydrogen-bond donors (Lipinski definition) is 1. The summed E-state index contributed by atoms with van der Waals surface area (Å²) in [5, 5.41) is 7.31. The Morgan fingerprint density at radius 2 is 2.22 bits per heavy atom. The second-order valence-corrected chi connectivity index (χ2v) is 5.63. The first-order valence-electron chi connectivity index (χ1n) is 6.43. The molecule has 0 saturated heterocycles. The molecule has 1 N–H and O–H groups in total. The Morgan fingerprint density at radius 3 is 2.83 bits per heavy atom. The monoisotopic (exact) mass is 251 g/mol. The van der Waals surface area contributed by atoms with E-state index in [1.54, 1.807) is 4.90 Å². The number of aromatic nitrogens is 2. The van der Waals surface area contributed by atoms with Crippen LogP contribution in [0.15, 0.2) is 0 Å². The molecule has 1 aliphatic rings. The first-order valence-corrected chi connectivity index (χ1v) is 6.43. The molecule has 2 heterocycles. The van der Waals surface area contributed by atoms with E-state index in [0.717, 1.165) is 24.2 Å². The highest BCUT2D eigenvalue weighted by Gasteiger charge is 2.27. The number of nitrogens with one attached hydrogen (secondary N) is 1. The molecule has 0 spiro atoms. The quantitative estimate of drug-likeness (QED) is 0.833. The van der Waals surface area contributed by atoms with E-state index in [4.69, 9.17) is 4.74 Å². The fourth-order valence-corrected chi connectivity index (χ4v) is 2.16. The van der Waals surface area contributed by atoms with Crippen molar-refractivity contribution in [2.24, 2.45) is 0 Å². The number of rotatable bonds is 1. The summed E-state index contributed by atoms with van der Waals surface area (Å²) < 4.78 is 5.38. The second kappa shape index (κ2) is 4.63. The first kappa shape index (κ1) is 12.9. The molecule has 100 valence electrons. The fourth-order valence-electron chi connectivity index (χ4n) is 2.16. The van der Waals surface area contributed by atoms with E-state index in [2.05, 4.69) is 17.1 Å². The number of H-pyrrole nitrogens is 1. The summed E-state index contributed by atoms with van der Waals surface area (Å²) in [5.41, 5.74) is 3.00. The first-order chi connectivity index (χ1) is 8.40. The summed E-state index contributed by atoms with van der Waals surface area (Å²) in [4.78, 5) is 13.7. The van der Waals surface area contributed by atoms with Crippen molar-refractivity contribution in [3.05, 3.63) is 17.0 Å². The Morgan fingerprint density at radius 1 is 1.50 bits per heavy atom. The zero-order valence-electron chi connectivity index (χ0n) is 11.5. The summed E-state index contributed by atoms with van der Waals surface area (Å²) in [6.07, 6.45) is 1.53. The molecule has 18 heavy (non-hydrogen) atoms. The average molecular weight is 251 g/mol. The summed E-state index contributed by atoms with van der Waals surface area (Å²) in [6.45, 7) is 9.01. The van der Waals surface area contributed by atoms with Gasteiger partial charge in [-0.25, -0.2) is 4.79 Å². The molecule has 5 nitrogen and oxygen atoms in total. The van der Waals surface area contributed by atoms with Crippen LogP contribution in [0, 0.1) is 0 Å². The number of amides is 1. The summed E-state index contributed by atoms with van der Waals surface area (Å²) in [5.74, 6) is 0. The van der Waals surface area contributed by atoms with Gasteiger partial charge in [-0.3, -0.25) is 5.10 Å². The minimum Gasteiger partial charge on any atom is -0.444 e. The number of carbonyl (C=O) groups is 1. The van der Waals surface area contributed by atoms with Gasteiger partial charge in [0.05, 0.1) is 17.9 Å². The molecule has 0 bridgehead atoms. The van der Waals surface area contributed by atoms with Gasteiger partial charge in [0.25, 0.3) is 0 Å². The molecule has 0 saturated carbocycles.